The van der Waals surface area contributed by atoms with Gasteiger partial charge in [-0.15, -0.1) is 0 Å². The first-order valence-corrected chi connectivity index (χ1v) is 4.15. The van der Waals surface area contributed by atoms with Crippen LogP contribution in [0.15, 0.2) is 12.1 Å². The molecule has 0 bridgehead atoms. The van der Waals surface area contributed by atoms with E-state index in [2.05, 4.69) is 4.74 Å². The summed E-state index contributed by atoms with van der Waals surface area (Å²) in [4.78, 5) is 11.2. The zero-order chi connectivity index (χ0) is 11.4. The summed E-state index contributed by atoms with van der Waals surface area (Å²) in [7, 11) is 1.16. The molecule has 1 rings (SSSR count). The number of ether oxygens (including phenoxy) is 1. The maximum atomic E-state index is 13.3. The van der Waals surface area contributed by atoms with E-state index in [4.69, 9.17) is 11.0 Å². The highest BCUT2D eigenvalue weighted by Gasteiger charge is 2.16. The summed E-state index contributed by atoms with van der Waals surface area (Å²) < 4.78 is 17.7. The fraction of sp³-hybridized carbons (Fsp3) is 0.200. The standard InChI is InChI=1S/C10H9FN2O2/c1-15-10(14)7-2-6(4-12)3-9(11)8(7)5-13/h2-3H,4,12H2,1H3. The van der Waals surface area contributed by atoms with Crippen molar-refractivity contribution in [2.75, 3.05) is 7.11 Å². The van der Waals surface area contributed by atoms with Crippen LogP contribution in [0.4, 0.5) is 4.39 Å². The quantitative estimate of drug-likeness (QED) is 0.734. The Morgan fingerprint density at radius 1 is 1.67 bits per heavy atom. The zero-order valence-electron chi connectivity index (χ0n) is 8.08. The largest absolute Gasteiger partial charge is 0.465 e. The van der Waals surface area contributed by atoms with Crippen molar-refractivity contribution in [1.29, 1.82) is 5.26 Å². The molecule has 0 saturated heterocycles. The van der Waals surface area contributed by atoms with Gasteiger partial charge in [0, 0.05) is 6.54 Å². The number of hydrogen-bond acceptors (Lipinski definition) is 4. The van der Waals surface area contributed by atoms with Crippen molar-refractivity contribution in [2.45, 2.75) is 6.54 Å². The number of carbonyl (C=O) groups is 1. The van der Waals surface area contributed by atoms with Gasteiger partial charge in [-0.05, 0) is 17.7 Å². The molecule has 2 N–H and O–H groups in total. The van der Waals surface area contributed by atoms with Crippen molar-refractivity contribution >= 4 is 5.97 Å². The molecular weight excluding hydrogens is 199 g/mol. The van der Waals surface area contributed by atoms with Crippen molar-refractivity contribution in [1.82, 2.24) is 0 Å². The number of rotatable bonds is 2. The molecule has 0 aliphatic rings. The van der Waals surface area contributed by atoms with E-state index in [1.807, 2.05) is 0 Å². The van der Waals surface area contributed by atoms with Crippen molar-refractivity contribution < 1.29 is 13.9 Å². The van der Waals surface area contributed by atoms with Crippen molar-refractivity contribution in [3.05, 3.63) is 34.6 Å². The predicted octanol–water partition coefficient (Wildman–Crippen LogP) is 0.943. The van der Waals surface area contributed by atoms with Crippen LogP contribution in [0.2, 0.25) is 0 Å². The highest BCUT2D eigenvalue weighted by molar-refractivity contribution is 5.92. The van der Waals surface area contributed by atoms with Crippen LogP contribution in [0.25, 0.3) is 0 Å². The van der Waals surface area contributed by atoms with Gasteiger partial charge in [-0.25, -0.2) is 9.18 Å². The summed E-state index contributed by atoms with van der Waals surface area (Å²) in [6, 6.07) is 4.10. The molecule has 0 radical (unpaired) electrons. The lowest BCUT2D eigenvalue weighted by atomic mass is 10.0. The topological polar surface area (TPSA) is 76.1 Å². The van der Waals surface area contributed by atoms with Crippen LogP contribution in [0.3, 0.4) is 0 Å². The van der Waals surface area contributed by atoms with Gasteiger partial charge in [-0.3, -0.25) is 0 Å². The van der Waals surface area contributed by atoms with E-state index in [0.717, 1.165) is 13.2 Å². The van der Waals surface area contributed by atoms with Crippen LogP contribution in [0.5, 0.6) is 0 Å². The first kappa shape index (κ1) is 11.1. The number of nitriles is 1. The monoisotopic (exact) mass is 208 g/mol. The Labute approximate surface area is 86.1 Å². The van der Waals surface area contributed by atoms with Gasteiger partial charge in [0.1, 0.15) is 17.4 Å². The van der Waals surface area contributed by atoms with Crippen molar-refractivity contribution in [3.63, 3.8) is 0 Å². The summed E-state index contributed by atoms with van der Waals surface area (Å²) >= 11 is 0. The minimum atomic E-state index is -0.763. The first-order chi connectivity index (χ1) is 7.13. The smallest absolute Gasteiger partial charge is 0.339 e. The van der Waals surface area contributed by atoms with Gasteiger partial charge in [0.2, 0.25) is 0 Å². The Morgan fingerprint density at radius 3 is 2.80 bits per heavy atom. The number of carbonyl (C=O) groups excluding carboxylic acids is 1. The van der Waals surface area contributed by atoms with Gasteiger partial charge < -0.3 is 10.5 Å². The second-order valence-corrected chi connectivity index (χ2v) is 2.81. The van der Waals surface area contributed by atoms with E-state index in [1.54, 1.807) is 6.07 Å². The molecule has 0 aliphatic carbocycles. The Bertz CT molecular complexity index is 438. The molecule has 0 aromatic heterocycles. The fourth-order valence-electron chi connectivity index (χ4n) is 1.17. The molecule has 0 amide bonds. The summed E-state index contributed by atoms with van der Waals surface area (Å²) in [5.41, 5.74) is 5.34. The summed E-state index contributed by atoms with van der Waals surface area (Å²) in [5, 5.41) is 8.68. The Balaban J connectivity index is 3.40. The maximum absolute atomic E-state index is 13.3. The maximum Gasteiger partial charge on any atom is 0.339 e. The van der Waals surface area contributed by atoms with E-state index in [0.29, 0.717) is 5.56 Å². The van der Waals surface area contributed by atoms with E-state index >= 15 is 0 Å². The van der Waals surface area contributed by atoms with Crippen LogP contribution < -0.4 is 5.73 Å². The molecule has 78 valence electrons. The Hall–Kier alpha value is -1.93. The van der Waals surface area contributed by atoms with Crippen LogP contribution in [0.1, 0.15) is 21.5 Å². The summed E-state index contributed by atoms with van der Waals surface area (Å²) in [6.45, 7) is 0.0899. The third-order valence-corrected chi connectivity index (χ3v) is 1.90. The average Bonchev–Trinajstić information content (AvgIpc) is 2.26. The SMILES string of the molecule is COC(=O)c1cc(CN)cc(F)c1C#N. The van der Waals surface area contributed by atoms with E-state index in [9.17, 15) is 9.18 Å². The number of esters is 1. The minimum Gasteiger partial charge on any atom is -0.465 e. The molecule has 0 atom stereocenters. The van der Waals surface area contributed by atoms with Gasteiger partial charge in [0.05, 0.1) is 12.7 Å². The third-order valence-electron chi connectivity index (χ3n) is 1.90. The molecule has 1 aromatic carbocycles. The molecular formula is C10H9FN2O2. The van der Waals surface area contributed by atoms with Crippen LogP contribution >= 0.6 is 0 Å². The second-order valence-electron chi connectivity index (χ2n) is 2.81. The number of nitrogens with two attached hydrogens (primary N) is 1. The summed E-state index contributed by atoms with van der Waals surface area (Å²) in [5.74, 6) is -1.51. The normalized spacial score (nSPS) is 9.47. The Morgan fingerprint density at radius 2 is 2.33 bits per heavy atom. The molecule has 0 unspecified atom stereocenters. The highest BCUT2D eigenvalue weighted by Crippen LogP contribution is 2.16. The predicted molar refractivity (Wildman–Crippen MR) is 50.3 cm³/mol. The molecule has 0 heterocycles. The van der Waals surface area contributed by atoms with Gasteiger partial charge in [0.25, 0.3) is 0 Å². The lowest BCUT2D eigenvalue weighted by Crippen LogP contribution is -2.08. The van der Waals surface area contributed by atoms with E-state index < -0.39 is 11.8 Å². The number of halogens is 1. The minimum absolute atomic E-state index is 0.0899. The van der Waals surface area contributed by atoms with Crippen molar-refractivity contribution in [2.24, 2.45) is 5.73 Å². The highest BCUT2D eigenvalue weighted by atomic mass is 19.1. The second kappa shape index (κ2) is 4.53. The number of hydrogen-bond donors (Lipinski definition) is 1. The molecule has 0 fully saturated rings. The number of methoxy groups -OCH3 is 1. The molecule has 1 aromatic rings. The molecule has 15 heavy (non-hydrogen) atoms. The Kier molecular flexibility index (Phi) is 3.37. The molecule has 5 heteroatoms. The van der Waals surface area contributed by atoms with Gasteiger partial charge in [-0.1, -0.05) is 0 Å². The van der Waals surface area contributed by atoms with Crippen LogP contribution in [0, 0.1) is 17.1 Å². The van der Waals surface area contributed by atoms with Crippen molar-refractivity contribution in [3.8, 4) is 6.07 Å². The average molecular weight is 208 g/mol. The third kappa shape index (κ3) is 2.11. The van der Waals surface area contributed by atoms with E-state index in [1.165, 1.54) is 6.07 Å². The summed E-state index contributed by atoms with van der Waals surface area (Å²) in [6.07, 6.45) is 0. The van der Waals surface area contributed by atoms with Gasteiger partial charge >= 0.3 is 5.97 Å². The van der Waals surface area contributed by atoms with Crippen LogP contribution in [-0.2, 0) is 11.3 Å². The number of benzene rings is 1. The molecule has 0 saturated carbocycles. The first-order valence-electron chi connectivity index (χ1n) is 4.15. The fourth-order valence-corrected chi connectivity index (χ4v) is 1.17. The lowest BCUT2D eigenvalue weighted by molar-refractivity contribution is 0.0599. The van der Waals surface area contributed by atoms with Gasteiger partial charge in [-0.2, -0.15) is 5.26 Å². The van der Waals surface area contributed by atoms with E-state index in [-0.39, 0.29) is 17.7 Å². The zero-order valence-corrected chi connectivity index (χ0v) is 8.08. The molecule has 0 spiro atoms. The molecule has 4 nitrogen and oxygen atoms in total. The van der Waals surface area contributed by atoms with Crippen LogP contribution in [-0.4, -0.2) is 13.1 Å². The van der Waals surface area contributed by atoms with Gasteiger partial charge in [0.15, 0.2) is 0 Å². The lowest BCUT2D eigenvalue weighted by Gasteiger charge is -2.05. The molecule has 0 aliphatic heterocycles. The number of nitrogens with zero attached hydrogens (tertiary/aromatic N) is 1.